The number of fused-ring (bicyclic) bond motifs is 4. The number of amides is 5. The lowest BCUT2D eigenvalue weighted by atomic mass is 9.96. The molecule has 0 saturated carbocycles. The summed E-state index contributed by atoms with van der Waals surface area (Å²) in [6.45, 7) is 9.90. The summed E-state index contributed by atoms with van der Waals surface area (Å²) >= 11 is 0. The first-order valence-corrected chi connectivity index (χ1v) is 14.4. The predicted molar refractivity (Wildman–Crippen MR) is 151 cm³/mol. The highest BCUT2D eigenvalue weighted by Crippen LogP contribution is 2.26. The summed E-state index contributed by atoms with van der Waals surface area (Å²) in [6, 6.07) is 5.37. The van der Waals surface area contributed by atoms with Crippen LogP contribution < -0.4 is 20.7 Å². The second-order valence-corrected chi connectivity index (χ2v) is 12.1. The molecule has 0 unspecified atom stereocenters. The summed E-state index contributed by atoms with van der Waals surface area (Å²) in [7, 11) is 0. The molecule has 0 aliphatic carbocycles. The molecule has 2 saturated heterocycles. The molecule has 12 nitrogen and oxygen atoms in total. The van der Waals surface area contributed by atoms with Crippen LogP contribution in [-0.4, -0.2) is 102 Å². The third-order valence-electron chi connectivity index (χ3n) is 7.24. The molecule has 41 heavy (non-hydrogen) atoms. The van der Waals surface area contributed by atoms with Crippen LogP contribution in [0, 0.1) is 0 Å². The first-order valence-electron chi connectivity index (χ1n) is 14.4. The molecule has 3 aliphatic rings. The van der Waals surface area contributed by atoms with Gasteiger partial charge >= 0.3 is 12.1 Å². The van der Waals surface area contributed by atoms with Crippen LogP contribution in [0.25, 0.3) is 0 Å². The molecule has 3 N–H and O–H groups in total. The molecule has 2 bridgehead atoms. The van der Waals surface area contributed by atoms with Crippen molar-refractivity contribution >= 4 is 23.9 Å². The molecule has 0 aromatic heterocycles. The zero-order valence-electron chi connectivity index (χ0n) is 24.6. The Morgan fingerprint density at radius 3 is 2.59 bits per heavy atom. The van der Waals surface area contributed by atoms with Crippen LogP contribution in [0.1, 0.15) is 64.2 Å². The van der Waals surface area contributed by atoms with Crippen LogP contribution in [0.5, 0.6) is 5.75 Å². The van der Waals surface area contributed by atoms with Crippen molar-refractivity contribution in [2.75, 3.05) is 32.8 Å². The fraction of sp³-hybridized carbons (Fsp3) is 0.655. The van der Waals surface area contributed by atoms with Crippen molar-refractivity contribution in [1.82, 2.24) is 25.8 Å². The van der Waals surface area contributed by atoms with Gasteiger partial charge in [-0.2, -0.15) is 0 Å². The monoisotopic (exact) mass is 573 g/mol. The molecule has 2 fully saturated rings. The van der Waals surface area contributed by atoms with Crippen LogP contribution in [0.2, 0.25) is 0 Å². The van der Waals surface area contributed by atoms with E-state index in [2.05, 4.69) is 16.0 Å². The van der Waals surface area contributed by atoms with E-state index >= 15 is 0 Å². The topological polar surface area (TPSA) is 139 Å². The quantitative estimate of drug-likeness (QED) is 0.493. The van der Waals surface area contributed by atoms with Crippen LogP contribution >= 0.6 is 0 Å². The molecule has 3 heterocycles. The maximum Gasteiger partial charge on any atom is 0.410 e. The smallest absolute Gasteiger partial charge is 0.410 e. The zero-order chi connectivity index (χ0) is 29.7. The Kier molecular flexibility index (Phi) is 9.62. The van der Waals surface area contributed by atoms with Gasteiger partial charge < -0.3 is 40.0 Å². The number of nitrogens with one attached hydrogen (secondary N) is 3. The van der Waals surface area contributed by atoms with Gasteiger partial charge in [0.15, 0.2) is 0 Å². The highest BCUT2D eigenvalue weighted by molar-refractivity contribution is 6.00. The maximum atomic E-state index is 13.8. The number of nitrogens with zero attached hydrogens (tertiary/aromatic N) is 2. The maximum absolute atomic E-state index is 13.8. The molecule has 1 aromatic carbocycles. The molecule has 226 valence electrons. The lowest BCUT2D eigenvalue weighted by molar-refractivity contribution is -0.129. The van der Waals surface area contributed by atoms with E-state index in [1.165, 1.54) is 9.80 Å². The van der Waals surface area contributed by atoms with Crippen molar-refractivity contribution < 1.29 is 33.4 Å². The molecule has 4 rings (SSSR count). The lowest BCUT2D eigenvalue weighted by Gasteiger charge is -2.42. The highest BCUT2D eigenvalue weighted by Gasteiger charge is 2.40. The Morgan fingerprint density at radius 2 is 1.85 bits per heavy atom. The van der Waals surface area contributed by atoms with Crippen molar-refractivity contribution in [1.29, 1.82) is 0 Å². The van der Waals surface area contributed by atoms with Gasteiger partial charge in [0.1, 0.15) is 17.4 Å². The Labute approximate surface area is 241 Å². The second kappa shape index (κ2) is 13.0. The fourth-order valence-electron chi connectivity index (χ4n) is 5.29. The van der Waals surface area contributed by atoms with Crippen LogP contribution in [0.3, 0.4) is 0 Å². The summed E-state index contributed by atoms with van der Waals surface area (Å²) in [5, 5.41) is 8.76. The number of hydrogen-bond donors (Lipinski definition) is 3. The van der Waals surface area contributed by atoms with E-state index in [1.54, 1.807) is 45.0 Å². The normalized spacial score (nSPS) is 25.6. The summed E-state index contributed by atoms with van der Waals surface area (Å²) in [5.74, 6) is -0.332. The van der Waals surface area contributed by atoms with E-state index < -0.39 is 29.7 Å². The number of benzene rings is 1. The summed E-state index contributed by atoms with van der Waals surface area (Å²) < 4.78 is 18.0. The van der Waals surface area contributed by atoms with E-state index in [-0.39, 0.29) is 56.3 Å². The van der Waals surface area contributed by atoms with E-state index in [0.29, 0.717) is 37.2 Å². The third-order valence-corrected chi connectivity index (χ3v) is 7.24. The number of carbonyl (C=O) groups is 4. The van der Waals surface area contributed by atoms with Gasteiger partial charge in [0.25, 0.3) is 5.91 Å². The van der Waals surface area contributed by atoms with E-state index in [4.69, 9.17) is 14.2 Å². The molecule has 4 atom stereocenters. The Bertz CT molecular complexity index is 1120. The van der Waals surface area contributed by atoms with Crippen molar-refractivity contribution in [2.24, 2.45) is 0 Å². The Morgan fingerprint density at radius 1 is 1.10 bits per heavy atom. The first-order chi connectivity index (χ1) is 19.4. The molecule has 3 aliphatic heterocycles. The Hall–Kier alpha value is -3.54. The number of hydrogen-bond acceptors (Lipinski definition) is 7. The lowest BCUT2D eigenvalue weighted by Crippen LogP contribution is -2.63. The van der Waals surface area contributed by atoms with Gasteiger partial charge in [-0.1, -0.05) is 12.1 Å². The minimum atomic E-state index is -0.963. The molecular formula is C29H43N5O7. The molecule has 0 spiro atoms. The van der Waals surface area contributed by atoms with E-state index in [0.717, 1.165) is 0 Å². The number of piperazine rings is 1. The van der Waals surface area contributed by atoms with E-state index in [1.807, 2.05) is 13.8 Å². The second-order valence-electron chi connectivity index (χ2n) is 12.1. The van der Waals surface area contributed by atoms with Gasteiger partial charge in [-0.05, 0) is 59.6 Å². The zero-order valence-corrected chi connectivity index (χ0v) is 24.6. The van der Waals surface area contributed by atoms with Crippen LogP contribution in [0.4, 0.5) is 9.59 Å². The number of urea groups is 1. The molecular weight excluding hydrogens is 530 g/mol. The highest BCUT2D eigenvalue weighted by atomic mass is 16.6. The molecule has 0 radical (unpaired) electrons. The number of rotatable bonds is 2. The molecule has 1 aromatic rings. The number of para-hydroxylation sites is 1. The van der Waals surface area contributed by atoms with E-state index in [9.17, 15) is 19.2 Å². The van der Waals surface area contributed by atoms with Gasteiger partial charge in [-0.25, -0.2) is 9.59 Å². The summed E-state index contributed by atoms with van der Waals surface area (Å²) in [4.78, 5) is 55.8. The van der Waals surface area contributed by atoms with Crippen molar-refractivity contribution in [3.05, 3.63) is 29.8 Å². The van der Waals surface area contributed by atoms with Gasteiger partial charge in [0.05, 0.1) is 37.0 Å². The fourth-order valence-corrected chi connectivity index (χ4v) is 5.29. The molecule has 12 heteroatoms. The Balaban J connectivity index is 1.59. The average molecular weight is 574 g/mol. The first kappa shape index (κ1) is 30.4. The summed E-state index contributed by atoms with van der Waals surface area (Å²) in [6.07, 6.45) is 0.813. The minimum absolute atomic E-state index is 0.0257. The summed E-state index contributed by atoms with van der Waals surface area (Å²) in [5.41, 5.74) is -0.346. The van der Waals surface area contributed by atoms with Gasteiger partial charge in [-0.15, -0.1) is 0 Å². The third kappa shape index (κ3) is 8.02. The predicted octanol–water partition coefficient (Wildman–Crippen LogP) is 2.27. The molecule has 5 amide bonds. The van der Waals surface area contributed by atoms with Crippen molar-refractivity contribution in [2.45, 2.75) is 89.8 Å². The van der Waals surface area contributed by atoms with Crippen LogP contribution in [-0.2, 0) is 14.3 Å². The average Bonchev–Trinajstić information content (AvgIpc) is 2.90. The standard InChI is InChI=1S/C29H43N5O7/c1-18(2)31-27(37)32-21-11-10-19-12-15-39-23-9-7-6-8-20(23)26(36)34-14-13-33(28(38)41-29(3,4)5)17-22(34)25(35)30-16-24(21)40-19/h6-9,18-19,21-22,24H,10-17H2,1-5H3,(H,30,35)(H2,31,32,37)/t19-,21+,22-,24+/m0/s1. The van der Waals surface area contributed by atoms with Gasteiger partial charge in [0, 0.05) is 32.1 Å². The number of ether oxygens (including phenoxy) is 3. The SMILES string of the molecule is CC(C)NC(=O)N[C@@H]1CC[C@H]2CCOc3ccccc3C(=O)N3CCN(C(=O)OC(C)(C)C)C[C@H]3C(=O)NC[C@H]1O2. The minimum Gasteiger partial charge on any atom is -0.493 e. The van der Waals surface area contributed by atoms with Gasteiger partial charge in [0.2, 0.25) is 5.91 Å². The van der Waals surface area contributed by atoms with Crippen LogP contribution in [0.15, 0.2) is 24.3 Å². The number of carbonyl (C=O) groups excluding carboxylic acids is 4. The van der Waals surface area contributed by atoms with Gasteiger partial charge in [-0.3, -0.25) is 9.59 Å². The van der Waals surface area contributed by atoms with Crippen molar-refractivity contribution in [3.8, 4) is 5.75 Å². The van der Waals surface area contributed by atoms with Crippen molar-refractivity contribution in [3.63, 3.8) is 0 Å². The largest absolute Gasteiger partial charge is 0.493 e.